The molecule has 0 bridgehead atoms. The zero-order valence-corrected chi connectivity index (χ0v) is 12.5. The van der Waals surface area contributed by atoms with Crippen molar-refractivity contribution in [3.63, 3.8) is 0 Å². The highest BCUT2D eigenvalue weighted by atomic mass is 35.5. The van der Waals surface area contributed by atoms with Gasteiger partial charge in [0.1, 0.15) is 6.54 Å². The third-order valence-corrected chi connectivity index (χ3v) is 3.25. The molecule has 1 atom stereocenters. The Balaban J connectivity index is 2.78. The number of carboxylic acid groups (broad SMARTS) is 1. The molecule has 0 spiro atoms. The zero-order chi connectivity index (χ0) is 15.3. The van der Waals surface area contributed by atoms with Crippen molar-refractivity contribution >= 4 is 23.6 Å². The fourth-order valence-electron chi connectivity index (χ4n) is 1.81. The van der Waals surface area contributed by atoms with Crippen LogP contribution in [0.5, 0.6) is 0 Å². The summed E-state index contributed by atoms with van der Waals surface area (Å²) in [6, 6.07) is 6.29. The molecule has 0 saturated carbocycles. The van der Waals surface area contributed by atoms with Crippen molar-refractivity contribution in [2.24, 2.45) is 0 Å². The molecule has 20 heavy (non-hydrogen) atoms. The second-order valence-electron chi connectivity index (χ2n) is 4.81. The number of urea groups is 1. The fraction of sp³-hybridized carbons (Fsp3) is 0.429. The average Bonchev–Trinajstić information content (AvgIpc) is 2.35. The minimum atomic E-state index is -1.04. The van der Waals surface area contributed by atoms with Crippen molar-refractivity contribution in [1.29, 1.82) is 0 Å². The summed E-state index contributed by atoms with van der Waals surface area (Å²) in [5.74, 6) is -1.04. The molecule has 0 radical (unpaired) electrons. The Kier molecular flexibility index (Phi) is 5.82. The molecule has 1 aromatic carbocycles. The summed E-state index contributed by atoms with van der Waals surface area (Å²) in [7, 11) is 0. The van der Waals surface area contributed by atoms with E-state index < -0.39 is 12.0 Å². The van der Waals surface area contributed by atoms with E-state index >= 15 is 0 Å². The number of hydrogen-bond donors (Lipinski definition) is 2. The Labute approximate surface area is 123 Å². The Morgan fingerprint density at radius 3 is 2.40 bits per heavy atom. The number of aliphatic carboxylic acids is 1. The number of hydrogen-bond acceptors (Lipinski definition) is 2. The van der Waals surface area contributed by atoms with Crippen LogP contribution < -0.4 is 5.32 Å². The van der Waals surface area contributed by atoms with E-state index in [1.807, 2.05) is 18.2 Å². The summed E-state index contributed by atoms with van der Waals surface area (Å²) >= 11 is 6.07. The third kappa shape index (κ3) is 4.42. The van der Waals surface area contributed by atoms with Crippen LogP contribution >= 0.6 is 11.6 Å². The highest BCUT2D eigenvalue weighted by Crippen LogP contribution is 2.22. The summed E-state index contributed by atoms with van der Waals surface area (Å²) in [4.78, 5) is 24.2. The summed E-state index contributed by atoms with van der Waals surface area (Å²) in [6.45, 7) is 5.00. The number of benzene rings is 1. The topological polar surface area (TPSA) is 69.6 Å². The molecule has 1 aromatic rings. The lowest BCUT2D eigenvalue weighted by molar-refractivity contribution is -0.138. The minimum Gasteiger partial charge on any atom is -0.480 e. The lowest BCUT2D eigenvalue weighted by atomic mass is 10.1. The molecular formula is C14H19ClN2O3. The summed E-state index contributed by atoms with van der Waals surface area (Å²) in [5.41, 5.74) is 0.793. The van der Waals surface area contributed by atoms with Crippen LogP contribution in [0.3, 0.4) is 0 Å². The van der Waals surface area contributed by atoms with Gasteiger partial charge in [-0.2, -0.15) is 0 Å². The number of carbonyl (C=O) groups excluding carboxylic acids is 1. The number of rotatable bonds is 5. The maximum absolute atomic E-state index is 12.1. The first-order valence-electron chi connectivity index (χ1n) is 6.36. The summed E-state index contributed by atoms with van der Waals surface area (Å²) < 4.78 is 0. The Hall–Kier alpha value is -1.75. The SMILES string of the molecule is CC(NC(=O)N(CC(=O)O)C(C)C)c1ccccc1Cl. The molecule has 0 fully saturated rings. The highest BCUT2D eigenvalue weighted by molar-refractivity contribution is 6.31. The van der Waals surface area contributed by atoms with Gasteiger partial charge in [-0.1, -0.05) is 29.8 Å². The molecule has 2 amide bonds. The van der Waals surface area contributed by atoms with E-state index in [4.69, 9.17) is 16.7 Å². The first-order chi connectivity index (χ1) is 9.32. The smallest absolute Gasteiger partial charge is 0.323 e. The quantitative estimate of drug-likeness (QED) is 0.878. The Morgan fingerprint density at radius 1 is 1.30 bits per heavy atom. The first kappa shape index (κ1) is 16.3. The molecule has 1 unspecified atom stereocenters. The van der Waals surface area contributed by atoms with Crippen molar-refractivity contribution in [3.8, 4) is 0 Å². The van der Waals surface area contributed by atoms with Crippen molar-refractivity contribution in [2.75, 3.05) is 6.54 Å². The van der Waals surface area contributed by atoms with Crippen LogP contribution in [0, 0.1) is 0 Å². The molecule has 110 valence electrons. The molecule has 0 aliphatic rings. The second kappa shape index (κ2) is 7.14. The van der Waals surface area contributed by atoms with Gasteiger partial charge >= 0.3 is 12.0 Å². The standard InChI is InChI=1S/C14H19ClN2O3/c1-9(2)17(8-13(18)19)14(20)16-10(3)11-6-4-5-7-12(11)15/h4-7,9-10H,8H2,1-3H3,(H,16,20)(H,18,19). The maximum Gasteiger partial charge on any atom is 0.323 e. The first-order valence-corrected chi connectivity index (χ1v) is 6.74. The van der Waals surface area contributed by atoms with E-state index in [1.54, 1.807) is 26.8 Å². The van der Waals surface area contributed by atoms with Gasteiger partial charge in [0.2, 0.25) is 0 Å². The molecule has 2 N–H and O–H groups in total. The molecule has 0 saturated heterocycles. The number of amides is 2. The van der Waals surface area contributed by atoms with Gasteiger partial charge in [-0.15, -0.1) is 0 Å². The summed E-state index contributed by atoms with van der Waals surface area (Å²) in [5, 5.41) is 12.2. The predicted octanol–water partition coefficient (Wildman–Crippen LogP) is 2.91. The second-order valence-corrected chi connectivity index (χ2v) is 5.22. The van der Waals surface area contributed by atoms with Gasteiger partial charge in [-0.25, -0.2) is 4.79 Å². The molecule has 0 aliphatic heterocycles. The molecular weight excluding hydrogens is 280 g/mol. The molecule has 0 aromatic heterocycles. The van der Waals surface area contributed by atoms with Crippen molar-refractivity contribution in [1.82, 2.24) is 10.2 Å². The summed E-state index contributed by atoms with van der Waals surface area (Å²) in [6.07, 6.45) is 0. The number of nitrogens with one attached hydrogen (secondary N) is 1. The maximum atomic E-state index is 12.1. The Morgan fingerprint density at radius 2 is 1.90 bits per heavy atom. The number of carboxylic acids is 1. The van der Waals surface area contributed by atoms with Gasteiger partial charge in [-0.05, 0) is 32.4 Å². The van der Waals surface area contributed by atoms with E-state index in [0.29, 0.717) is 5.02 Å². The van der Waals surface area contributed by atoms with Gasteiger partial charge < -0.3 is 15.3 Å². The van der Waals surface area contributed by atoms with E-state index in [9.17, 15) is 9.59 Å². The zero-order valence-electron chi connectivity index (χ0n) is 11.8. The fourth-order valence-corrected chi connectivity index (χ4v) is 2.11. The van der Waals surface area contributed by atoms with E-state index in [0.717, 1.165) is 5.56 Å². The third-order valence-electron chi connectivity index (χ3n) is 2.90. The normalized spacial score (nSPS) is 12.1. The molecule has 5 nitrogen and oxygen atoms in total. The predicted molar refractivity (Wildman–Crippen MR) is 77.9 cm³/mol. The van der Waals surface area contributed by atoms with Gasteiger partial charge in [0.05, 0.1) is 6.04 Å². The average molecular weight is 299 g/mol. The van der Waals surface area contributed by atoms with Crippen molar-refractivity contribution < 1.29 is 14.7 Å². The van der Waals surface area contributed by atoms with Gasteiger partial charge in [0, 0.05) is 11.1 Å². The number of halogens is 1. The molecule has 1 rings (SSSR count). The number of nitrogens with zero attached hydrogens (tertiary/aromatic N) is 1. The molecule has 0 aliphatic carbocycles. The van der Waals surface area contributed by atoms with Crippen LogP contribution in [0.1, 0.15) is 32.4 Å². The van der Waals surface area contributed by atoms with Crippen LogP contribution in [-0.4, -0.2) is 34.6 Å². The van der Waals surface area contributed by atoms with Crippen LogP contribution in [0.25, 0.3) is 0 Å². The van der Waals surface area contributed by atoms with E-state index in [-0.39, 0.29) is 18.6 Å². The van der Waals surface area contributed by atoms with E-state index in [1.165, 1.54) is 4.90 Å². The van der Waals surface area contributed by atoms with Gasteiger partial charge in [0.25, 0.3) is 0 Å². The lowest BCUT2D eigenvalue weighted by Crippen LogP contribution is -2.47. The van der Waals surface area contributed by atoms with Gasteiger partial charge in [0.15, 0.2) is 0 Å². The van der Waals surface area contributed by atoms with Crippen LogP contribution in [-0.2, 0) is 4.79 Å². The lowest BCUT2D eigenvalue weighted by Gasteiger charge is -2.27. The number of carbonyl (C=O) groups is 2. The Bertz CT molecular complexity index is 491. The molecule has 0 heterocycles. The van der Waals surface area contributed by atoms with Crippen LogP contribution in [0.2, 0.25) is 5.02 Å². The van der Waals surface area contributed by atoms with E-state index in [2.05, 4.69) is 5.32 Å². The monoisotopic (exact) mass is 298 g/mol. The van der Waals surface area contributed by atoms with Gasteiger partial charge in [-0.3, -0.25) is 4.79 Å². The van der Waals surface area contributed by atoms with Crippen molar-refractivity contribution in [3.05, 3.63) is 34.9 Å². The van der Waals surface area contributed by atoms with Crippen LogP contribution in [0.4, 0.5) is 4.79 Å². The molecule has 6 heteroatoms. The largest absolute Gasteiger partial charge is 0.480 e. The minimum absolute atomic E-state index is 0.204. The highest BCUT2D eigenvalue weighted by Gasteiger charge is 2.22. The van der Waals surface area contributed by atoms with Crippen molar-refractivity contribution in [2.45, 2.75) is 32.9 Å². The van der Waals surface area contributed by atoms with Crippen LogP contribution in [0.15, 0.2) is 24.3 Å².